The molecule has 0 heterocycles. The van der Waals surface area contributed by atoms with E-state index in [1.165, 1.54) is 6.92 Å². The Hall–Kier alpha value is -0.800. The summed E-state index contributed by atoms with van der Waals surface area (Å²) >= 11 is 4.17. The lowest BCUT2D eigenvalue weighted by molar-refractivity contribution is -0.116. The Kier molecular flexibility index (Phi) is 3.51. The average molecular weight is 196 g/mol. The monoisotopic (exact) mass is 196 g/mol. The average Bonchev–Trinajstić information content (AvgIpc) is 2.03. The van der Waals surface area contributed by atoms with Crippen molar-refractivity contribution in [2.45, 2.75) is 24.8 Å². The molecule has 13 heavy (non-hydrogen) atoms. The van der Waals surface area contributed by atoms with Crippen molar-refractivity contribution in [3.8, 4) is 0 Å². The number of rotatable bonds is 3. The SMILES string of the molecule is CC(=O)Cc1cc(S)ccc1CO. The largest absolute Gasteiger partial charge is 0.392 e. The quantitative estimate of drug-likeness (QED) is 0.720. The lowest BCUT2D eigenvalue weighted by atomic mass is 10.0. The number of benzene rings is 1. The van der Waals surface area contributed by atoms with E-state index in [4.69, 9.17) is 5.11 Å². The molecule has 0 atom stereocenters. The molecule has 3 heteroatoms. The summed E-state index contributed by atoms with van der Waals surface area (Å²) in [7, 11) is 0. The molecule has 0 aliphatic rings. The highest BCUT2D eigenvalue weighted by Crippen LogP contribution is 2.15. The fourth-order valence-electron chi connectivity index (χ4n) is 1.20. The van der Waals surface area contributed by atoms with Gasteiger partial charge in [-0.05, 0) is 30.2 Å². The second kappa shape index (κ2) is 4.44. The van der Waals surface area contributed by atoms with Gasteiger partial charge in [-0.25, -0.2) is 0 Å². The third kappa shape index (κ3) is 2.86. The number of aliphatic hydroxyl groups is 1. The van der Waals surface area contributed by atoms with E-state index in [9.17, 15) is 4.79 Å². The van der Waals surface area contributed by atoms with Crippen LogP contribution < -0.4 is 0 Å². The zero-order valence-electron chi connectivity index (χ0n) is 7.45. The van der Waals surface area contributed by atoms with Crippen LogP contribution in [0, 0.1) is 0 Å². The molecular weight excluding hydrogens is 184 g/mol. The summed E-state index contributed by atoms with van der Waals surface area (Å²) in [5.74, 6) is 0.0913. The van der Waals surface area contributed by atoms with E-state index in [-0.39, 0.29) is 12.4 Å². The lowest BCUT2D eigenvalue weighted by Crippen LogP contribution is -2.01. The molecule has 0 saturated carbocycles. The smallest absolute Gasteiger partial charge is 0.134 e. The summed E-state index contributed by atoms with van der Waals surface area (Å²) < 4.78 is 0. The molecule has 0 radical (unpaired) electrons. The van der Waals surface area contributed by atoms with Crippen molar-refractivity contribution < 1.29 is 9.90 Å². The molecule has 0 unspecified atom stereocenters. The molecule has 0 aliphatic heterocycles. The van der Waals surface area contributed by atoms with Gasteiger partial charge in [0.2, 0.25) is 0 Å². The predicted molar refractivity (Wildman–Crippen MR) is 54.0 cm³/mol. The number of hydrogen-bond acceptors (Lipinski definition) is 3. The third-order valence-corrected chi connectivity index (χ3v) is 2.08. The maximum atomic E-state index is 10.9. The van der Waals surface area contributed by atoms with Gasteiger partial charge < -0.3 is 5.11 Å². The minimum Gasteiger partial charge on any atom is -0.392 e. The number of thiol groups is 1. The van der Waals surface area contributed by atoms with Crippen LogP contribution in [-0.4, -0.2) is 10.9 Å². The molecule has 0 saturated heterocycles. The second-order valence-corrected chi connectivity index (χ2v) is 3.51. The number of ketones is 1. The fourth-order valence-corrected chi connectivity index (χ4v) is 1.43. The van der Waals surface area contributed by atoms with Gasteiger partial charge in [-0.15, -0.1) is 12.6 Å². The minimum absolute atomic E-state index is 0.0311. The molecule has 0 aromatic heterocycles. The standard InChI is InChI=1S/C10H12O2S/c1-7(12)4-9-5-10(13)3-2-8(9)6-11/h2-3,5,11,13H,4,6H2,1H3. The van der Waals surface area contributed by atoms with Crippen LogP contribution in [0.5, 0.6) is 0 Å². The summed E-state index contributed by atoms with van der Waals surface area (Å²) in [6, 6.07) is 5.41. The van der Waals surface area contributed by atoms with Crippen molar-refractivity contribution in [1.29, 1.82) is 0 Å². The molecular formula is C10H12O2S. The molecule has 1 rings (SSSR count). The number of aliphatic hydroxyl groups excluding tert-OH is 1. The van der Waals surface area contributed by atoms with E-state index in [0.717, 1.165) is 16.0 Å². The van der Waals surface area contributed by atoms with Crippen LogP contribution in [0.25, 0.3) is 0 Å². The van der Waals surface area contributed by atoms with Gasteiger partial charge in [0, 0.05) is 11.3 Å². The predicted octanol–water partition coefficient (Wildman–Crippen LogP) is 1.60. The van der Waals surface area contributed by atoms with Gasteiger partial charge in [-0.3, -0.25) is 4.79 Å². The van der Waals surface area contributed by atoms with Gasteiger partial charge in [0.25, 0.3) is 0 Å². The van der Waals surface area contributed by atoms with E-state index in [0.29, 0.717) is 6.42 Å². The van der Waals surface area contributed by atoms with Crippen molar-refractivity contribution in [2.24, 2.45) is 0 Å². The first-order valence-electron chi connectivity index (χ1n) is 4.04. The summed E-state index contributed by atoms with van der Waals surface area (Å²) in [6.45, 7) is 1.50. The van der Waals surface area contributed by atoms with E-state index in [1.807, 2.05) is 6.07 Å². The van der Waals surface area contributed by atoms with E-state index in [2.05, 4.69) is 12.6 Å². The lowest BCUT2D eigenvalue weighted by Gasteiger charge is -2.05. The van der Waals surface area contributed by atoms with Gasteiger partial charge in [-0.1, -0.05) is 6.07 Å². The molecule has 1 aromatic carbocycles. The zero-order chi connectivity index (χ0) is 9.84. The first-order chi connectivity index (χ1) is 6.13. The molecule has 1 N–H and O–H groups in total. The van der Waals surface area contributed by atoms with Gasteiger partial charge in [0.1, 0.15) is 5.78 Å². The topological polar surface area (TPSA) is 37.3 Å². The first-order valence-corrected chi connectivity index (χ1v) is 4.49. The van der Waals surface area contributed by atoms with Crippen LogP contribution in [0.15, 0.2) is 23.1 Å². The van der Waals surface area contributed by atoms with Crippen LogP contribution in [0.2, 0.25) is 0 Å². The van der Waals surface area contributed by atoms with E-state index < -0.39 is 0 Å². The molecule has 0 amide bonds. The highest BCUT2D eigenvalue weighted by Gasteiger charge is 2.04. The Morgan fingerprint density at radius 3 is 2.69 bits per heavy atom. The molecule has 0 spiro atoms. The van der Waals surface area contributed by atoms with Gasteiger partial charge >= 0.3 is 0 Å². The molecule has 1 aromatic rings. The van der Waals surface area contributed by atoms with Crippen molar-refractivity contribution in [1.82, 2.24) is 0 Å². The Morgan fingerprint density at radius 2 is 2.15 bits per heavy atom. The van der Waals surface area contributed by atoms with Gasteiger partial charge in [0.05, 0.1) is 6.61 Å². The first kappa shape index (κ1) is 10.3. The Bertz CT molecular complexity index is 321. The number of Topliss-reactive ketones (excluding diaryl/α,β-unsaturated/α-hetero) is 1. The molecule has 70 valence electrons. The highest BCUT2D eigenvalue weighted by molar-refractivity contribution is 7.80. The normalized spacial score (nSPS) is 10.1. The van der Waals surface area contributed by atoms with Crippen LogP contribution in [-0.2, 0) is 17.8 Å². The van der Waals surface area contributed by atoms with Crippen molar-refractivity contribution >= 4 is 18.4 Å². The summed E-state index contributed by atoms with van der Waals surface area (Å²) in [6.07, 6.45) is 0.365. The van der Waals surface area contributed by atoms with Gasteiger partial charge in [0.15, 0.2) is 0 Å². The number of hydrogen-bond donors (Lipinski definition) is 2. The van der Waals surface area contributed by atoms with Crippen LogP contribution in [0.3, 0.4) is 0 Å². The highest BCUT2D eigenvalue weighted by atomic mass is 32.1. The summed E-state index contributed by atoms with van der Waals surface area (Å²) in [5.41, 5.74) is 1.66. The van der Waals surface area contributed by atoms with Crippen molar-refractivity contribution in [3.05, 3.63) is 29.3 Å². The Morgan fingerprint density at radius 1 is 1.46 bits per heavy atom. The van der Waals surface area contributed by atoms with Crippen LogP contribution in [0.1, 0.15) is 18.1 Å². The number of carbonyl (C=O) groups excluding carboxylic acids is 1. The Balaban J connectivity index is 3.01. The molecule has 2 nitrogen and oxygen atoms in total. The van der Waals surface area contributed by atoms with E-state index in [1.54, 1.807) is 12.1 Å². The third-order valence-electron chi connectivity index (χ3n) is 1.80. The second-order valence-electron chi connectivity index (χ2n) is 2.99. The van der Waals surface area contributed by atoms with E-state index >= 15 is 0 Å². The fraction of sp³-hybridized carbons (Fsp3) is 0.300. The molecule has 0 aliphatic carbocycles. The van der Waals surface area contributed by atoms with Gasteiger partial charge in [-0.2, -0.15) is 0 Å². The zero-order valence-corrected chi connectivity index (χ0v) is 8.34. The summed E-state index contributed by atoms with van der Waals surface area (Å²) in [4.78, 5) is 11.7. The maximum Gasteiger partial charge on any atom is 0.134 e. The minimum atomic E-state index is -0.0311. The Labute approximate surface area is 83.0 Å². The maximum absolute atomic E-state index is 10.9. The van der Waals surface area contributed by atoms with Crippen LogP contribution >= 0.6 is 12.6 Å². The molecule has 0 fully saturated rings. The number of carbonyl (C=O) groups is 1. The summed E-state index contributed by atoms with van der Waals surface area (Å²) in [5, 5.41) is 8.99. The molecule has 0 bridgehead atoms. The van der Waals surface area contributed by atoms with Crippen molar-refractivity contribution in [3.63, 3.8) is 0 Å². The van der Waals surface area contributed by atoms with Crippen molar-refractivity contribution in [2.75, 3.05) is 0 Å². The van der Waals surface area contributed by atoms with Crippen LogP contribution in [0.4, 0.5) is 0 Å².